The van der Waals surface area contributed by atoms with E-state index in [9.17, 15) is 22.8 Å². The molecule has 28 heavy (non-hydrogen) atoms. The maximum absolute atomic E-state index is 13.0. The van der Waals surface area contributed by atoms with E-state index in [1.807, 2.05) is 25.1 Å². The maximum atomic E-state index is 13.0. The quantitative estimate of drug-likeness (QED) is 0.654. The summed E-state index contributed by atoms with van der Waals surface area (Å²) in [6, 6.07) is 10.3. The molecular weight excluding hydrogens is 437 g/mol. The Kier molecular flexibility index (Phi) is 7.01. The third kappa shape index (κ3) is 5.95. The number of carbonyl (C=O) groups excluding carboxylic acids is 2. The number of nitrogens with one attached hydrogen (secondary N) is 1. The van der Waals surface area contributed by atoms with Crippen molar-refractivity contribution in [2.24, 2.45) is 0 Å². The highest BCUT2D eigenvalue weighted by molar-refractivity contribution is 9.10. The van der Waals surface area contributed by atoms with Crippen molar-refractivity contribution in [2.45, 2.75) is 13.1 Å². The second kappa shape index (κ2) is 9.05. The van der Waals surface area contributed by atoms with Gasteiger partial charge in [-0.3, -0.25) is 9.59 Å². The van der Waals surface area contributed by atoms with Gasteiger partial charge in [-0.2, -0.15) is 13.2 Å². The van der Waals surface area contributed by atoms with Gasteiger partial charge in [0.05, 0.1) is 17.8 Å². The average molecular weight is 455 g/mol. The summed E-state index contributed by atoms with van der Waals surface area (Å²) in [5.41, 5.74) is 0.556. The second-order valence-corrected chi connectivity index (χ2v) is 7.00. The normalized spacial score (nSPS) is 11.5. The lowest BCUT2D eigenvalue weighted by Crippen LogP contribution is -2.34. The Balaban J connectivity index is 2.01. The minimum Gasteiger partial charge on any atom is -0.333 e. The van der Waals surface area contributed by atoms with Crippen LogP contribution in [-0.4, -0.2) is 30.3 Å². The summed E-state index contributed by atoms with van der Waals surface area (Å²) in [7, 11) is 1.39. The molecule has 1 N–H and O–H groups in total. The van der Waals surface area contributed by atoms with E-state index in [0.717, 1.165) is 32.6 Å². The van der Waals surface area contributed by atoms with Gasteiger partial charge in [-0.15, -0.1) is 0 Å². The van der Waals surface area contributed by atoms with Crippen LogP contribution in [0.2, 0.25) is 0 Å². The molecule has 0 aromatic heterocycles. The van der Waals surface area contributed by atoms with Gasteiger partial charge in [0, 0.05) is 17.6 Å². The monoisotopic (exact) mass is 454 g/mol. The lowest BCUT2D eigenvalue weighted by Gasteiger charge is -2.17. The number of aryl methyl sites for hydroxylation is 1. The van der Waals surface area contributed by atoms with Gasteiger partial charge in [0.25, 0.3) is 0 Å². The van der Waals surface area contributed by atoms with E-state index >= 15 is 0 Å². The van der Waals surface area contributed by atoms with Gasteiger partial charge in [0.15, 0.2) is 0 Å². The molecule has 0 saturated heterocycles. The number of alkyl halides is 3. The minimum absolute atomic E-state index is 0.347. The molecule has 2 rings (SSSR count). The van der Waals surface area contributed by atoms with Crippen LogP contribution in [0.15, 0.2) is 53.0 Å². The molecule has 4 nitrogen and oxygen atoms in total. The summed E-state index contributed by atoms with van der Waals surface area (Å²) >= 11 is 3.40. The number of nitrogens with zero attached hydrogens (tertiary/aromatic N) is 1. The molecule has 2 aromatic carbocycles. The summed E-state index contributed by atoms with van der Waals surface area (Å²) in [6.07, 6.45) is -1.69. The summed E-state index contributed by atoms with van der Waals surface area (Å²) in [5, 5.41) is 2.21. The smallest absolute Gasteiger partial charge is 0.333 e. The Morgan fingerprint density at radius 1 is 1.18 bits per heavy atom. The first-order valence-electron chi connectivity index (χ1n) is 8.23. The van der Waals surface area contributed by atoms with Gasteiger partial charge in [0.1, 0.15) is 0 Å². The molecule has 0 aliphatic heterocycles. The maximum Gasteiger partial charge on any atom is 0.418 e. The first-order valence-corrected chi connectivity index (χ1v) is 9.02. The molecule has 0 aliphatic carbocycles. The summed E-state index contributed by atoms with van der Waals surface area (Å²) in [6.45, 7) is 1.55. The van der Waals surface area contributed by atoms with Crippen molar-refractivity contribution in [1.29, 1.82) is 0 Å². The summed E-state index contributed by atoms with van der Waals surface area (Å²) < 4.78 is 39.8. The second-order valence-electron chi connectivity index (χ2n) is 6.14. The van der Waals surface area contributed by atoms with Crippen LogP contribution in [0.1, 0.15) is 16.7 Å². The highest BCUT2D eigenvalue weighted by Crippen LogP contribution is 2.34. The molecule has 0 radical (unpaired) electrons. The Bertz CT molecular complexity index is 911. The Labute approximate surface area is 169 Å². The highest BCUT2D eigenvalue weighted by atomic mass is 79.9. The van der Waals surface area contributed by atoms with Crippen LogP contribution in [0.4, 0.5) is 18.9 Å². The van der Waals surface area contributed by atoms with Gasteiger partial charge in [-0.25, -0.2) is 0 Å². The predicted molar refractivity (Wildman–Crippen MR) is 106 cm³/mol. The van der Waals surface area contributed by atoms with Crippen molar-refractivity contribution in [1.82, 2.24) is 4.90 Å². The van der Waals surface area contributed by atoms with E-state index in [4.69, 9.17) is 0 Å². The van der Waals surface area contributed by atoms with Crippen LogP contribution in [0, 0.1) is 6.92 Å². The van der Waals surface area contributed by atoms with Crippen LogP contribution in [0.3, 0.4) is 0 Å². The zero-order chi connectivity index (χ0) is 20.9. The van der Waals surface area contributed by atoms with Gasteiger partial charge in [-0.05, 0) is 42.3 Å². The molecule has 0 spiro atoms. The third-order valence-corrected chi connectivity index (χ3v) is 4.51. The lowest BCUT2D eigenvalue weighted by atomic mass is 10.1. The molecule has 2 aromatic rings. The molecule has 2 amide bonds. The number of hydrogen-bond acceptors (Lipinski definition) is 2. The molecular formula is C20H18BrF3N2O2. The van der Waals surface area contributed by atoms with Crippen molar-refractivity contribution in [3.63, 3.8) is 0 Å². The molecule has 0 aliphatic rings. The van der Waals surface area contributed by atoms with Crippen LogP contribution >= 0.6 is 15.9 Å². The van der Waals surface area contributed by atoms with Crippen molar-refractivity contribution in [3.05, 3.63) is 69.7 Å². The van der Waals surface area contributed by atoms with Crippen molar-refractivity contribution in [2.75, 3.05) is 18.9 Å². The number of hydrogen-bond donors (Lipinski definition) is 1. The van der Waals surface area contributed by atoms with E-state index in [0.29, 0.717) is 0 Å². The van der Waals surface area contributed by atoms with Crippen molar-refractivity contribution in [3.8, 4) is 0 Å². The largest absolute Gasteiger partial charge is 0.418 e. The summed E-state index contributed by atoms with van der Waals surface area (Å²) in [5.74, 6) is -1.18. The zero-order valence-electron chi connectivity index (χ0n) is 15.2. The molecule has 8 heteroatoms. The number of likely N-dealkylation sites (N-methyl/N-ethyl adjacent to an activating group) is 1. The molecule has 0 fully saturated rings. The topological polar surface area (TPSA) is 49.4 Å². The van der Waals surface area contributed by atoms with Gasteiger partial charge >= 0.3 is 6.18 Å². The Morgan fingerprint density at radius 2 is 1.86 bits per heavy atom. The van der Waals surface area contributed by atoms with Gasteiger partial charge < -0.3 is 10.2 Å². The van der Waals surface area contributed by atoms with E-state index in [-0.39, 0.29) is 12.2 Å². The van der Waals surface area contributed by atoms with Crippen molar-refractivity contribution >= 4 is 39.5 Å². The highest BCUT2D eigenvalue weighted by Gasteiger charge is 2.33. The predicted octanol–water partition coefficient (Wildman–Crippen LogP) is 4.89. The number of rotatable bonds is 5. The molecule has 0 atom stereocenters. The first kappa shape index (κ1) is 21.7. The van der Waals surface area contributed by atoms with E-state index in [1.165, 1.54) is 25.3 Å². The SMILES string of the molecule is Cc1ccc(C=CC(=O)N(C)CC(=O)Nc2ccccc2C(F)(F)F)c(Br)c1. The van der Waals surface area contributed by atoms with Gasteiger partial charge in [-0.1, -0.05) is 40.2 Å². The molecule has 0 bridgehead atoms. The van der Waals surface area contributed by atoms with Crippen LogP contribution < -0.4 is 5.32 Å². The van der Waals surface area contributed by atoms with Crippen LogP contribution in [0.5, 0.6) is 0 Å². The number of para-hydroxylation sites is 1. The average Bonchev–Trinajstić information content (AvgIpc) is 2.60. The number of halogens is 4. The van der Waals surface area contributed by atoms with Crippen LogP contribution in [0.25, 0.3) is 6.08 Å². The van der Waals surface area contributed by atoms with Crippen molar-refractivity contribution < 1.29 is 22.8 Å². The Hall–Kier alpha value is -2.61. The molecule has 148 valence electrons. The molecule has 0 unspecified atom stereocenters. The molecule has 0 heterocycles. The number of carbonyl (C=O) groups is 2. The number of benzene rings is 2. The van der Waals surface area contributed by atoms with E-state index in [1.54, 1.807) is 6.08 Å². The third-order valence-electron chi connectivity index (χ3n) is 3.82. The van der Waals surface area contributed by atoms with E-state index < -0.39 is 23.6 Å². The van der Waals surface area contributed by atoms with Crippen LogP contribution in [-0.2, 0) is 15.8 Å². The fourth-order valence-electron chi connectivity index (χ4n) is 2.38. The zero-order valence-corrected chi connectivity index (χ0v) is 16.8. The van der Waals surface area contributed by atoms with E-state index in [2.05, 4.69) is 21.2 Å². The minimum atomic E-state index is -4.59. The number of amides is 2. The van der Waals surface area contributed by atoms with Gasteiger partial charge in [0.2, 0.25) is 11.8 Å². The lowest BCUT2D eigenvalue weighted by molar-refractivity contribution is -0.137. The standard InChI is InChI=1S/C20H18BrF3N2O2/c1-13-7-8-14(16(21)11-13)9-10-19(28)26(2)12-18(27)25-17-6-4-3-5-15(17)20(22,23)24/h3-11H,12H2,1-2H3,(H,25,27). The number of anilines is 1. The molecule has 0 saturated carbocycles. The first-order chi connectivity index (χ1) is 13.1. The fraction of sp³-hybridized carbons (Fsp3) is 0.200. The summed E-state index contributed by atoms with van der Waals surface area (Å²) in [4.78, 5) is 25.4. The fourth-order valence-corrected chi connectivity index (χ4v) is 3.00. The Morgan fingerprint density at radius 3 is 2.50 bits per heavy atom.